The van der Waals surface area contributed by atoms with Crippen LogP contribution in [0.25, 0.3) is 0 Å². The van der Waals surface area contributed by atoms with Gasteiger partial charge in [-0.15, -0.1) is 0 Å². The highest BCUT2D eigenvalue weighted by Crippen LogP contribution is 2.39. The fraction of sp³-hybridized carbons (Fsp3) is 0.455. The third-order valence-corrected chi connectivity index (χ3v) is 2.72. The first-order valence-electron chi connectivity index (χ1n) is 5.12. The highest BCUT2D eigenvalue weighted by Gasteiger charge is 2.43. The molecule has 5 nitrogen and oxygen atoms in total. The van der Waals surface area contributed by atoms with Gasteiger partial charge in [0, 0.05) is 19.4 Å². The quantitative estimate of drug-likeness (QED) is 0.791. The van der Waals surface area contributed by atoms with Crippen LogP contribution < -0.4 is 11.1 Å². The van der Waals surface area contributed by atoms with E-state index in [0.717, 1.165) is 18.5 Å². The monoisotopic (exact) mass is 218 g/mol. The van der Waals surface area contributed by atoms with Crippen LogP contribution in [0.2, 0.25) is 0 Å². The second kappa shape index (κ2) is 3.99. The van der Waals surface area contributed by atoms with E-state index in [0.29, 0.717) is 18.0 Å². The predicted octanol–water partition coefficient (Wildman–Crippen LogP) is 1.13. The van der Waals surface area contributed by atoms with Crippen LogP contribution in [0, 0.1) is 11.3 Å². The second-order valence-corrected chi connectivity index (χ2v) is 4.10. The number of nitrogens with one attached hydrogen (secondary N) is 1. The van der Waals surface area contributed by atoms with E-state index < -0.39 is 0 Å². The molecular weight excluding hydrogens is 204 g/mol. The zero-order valence-corrected chi connectivity index (χ0v) is 9.16. The van der Waals surface area contributed by atoms with E-state index in [-0.39, 0.29) is 5.54 Å². The Morgan fingerprint density at radius 2 is 2.44 bits per heavy atom. The molecule has 0 saturated heterocycles. The number of nitrogens with zero attached hydrogens (tertiary/aromatic N) is 2. The molecule has 1 aliphatic carbocycles. The summed E-state index contributed by atoms with van der Waals surface area (Å²) in [5, 5.41) is 12.3. The van der Waals surface area contributed by atoms with Crippen molar-refractivity contribution in [3.8, 4) is 6.07 Å². The molecule has 0 amide bonds. The van der Waals surface area contributed by atoms with E-state index in [1.165, 1.54) is 6.20 Å². The van der Waals surface area contributed by atoms with Gasteiger partial charge in [0.2, 0.25) is 0 Å². The Labute approximate surface area is 94.2 Å². The number of nitrogen functional groups attached to an aromatic ring is 1. The van der Waals surface area contributed by atoms with Crippen LogP contribution in [-0.4, -0.2) is 24.2 Å². The number of ether oxygens (including phenoxy) is 1. The van der Waals surface area contributed by atoms with Crippen molar-refractivity contribution in [1.29, 1.82) is 5.26 Å². The molecular formula is C11H14N4O. The fourth-order valence-corrected chi connectivity index (χ4v) is 1.68. The van der Waals surface area contributed by atoms with Gasteiger partial charge in [-0.25, -0.2) is 4.98 Å². The maximum absolute atomic E-state index is 8.95. The lowest BCUT2D eigenvalue weighted by Gasteiger charge is -2.18. The Balaban J connectivity index is 2.21. The van der Waals surface area contributed by atoms with Crippen LogP contribution in [0.1, 0.15) is 18.4 Å². The zero-order chi connectivity index (χ0) is 11.6. The first-order valence-corrected chi connectivity index (χ1v) is 5.12. The highest BCUT2D eigenvalue weighted by atomic mass is 16.5. The predicted molar refractivity (Wildman–Crippen MR) is 60.8 cm³/mol. The van der Waals surface area contributed by atoms with Gasteiger partial charge in [-0.3, -0.25) is 0 Å². The maximum Gasteiger partial charge on any atom is 0.125 e. The van der Waals surface area contributed by atoms with Gasteiger partial charge < -0.3 is 15.8 Å². The Hall–Kier alpha value is -1.80. The largest absolute Gasteiger partial charge is 0.384 e. The van der Waals surface area contributed by atoms with Crippen molar-refractivity contribution >= 4 is 11.5 Å². The summed E-state index contributed by atoms with van der Waals surface area (Å²) in [6.45, 7) is 0.639. The SMILES string of the molecule is COCC1(Nc2cc(N)ncc2C#N)CC1. The molecule has 2 rings (SSSR count). The summed E-state index contributed by atoms with van der Waals surface area (Å²) < 4.78 is 5.15. The van der Waals surface area contributed by atoms with Crippen molar-refractivity contribution in [2.24, 2.45) is 0 Å². The van der Waals surface area contributed by atoms with Crippen molar-refractivity contribution in [2.75, 3.05) is 24.8 Å². The molecule has 1 saturated carbocycles. The van der Waals surface area contributed by atoms with Crippen LogP contribution in [0.15, 0.2) is 12.3 Å². The Morgan fingerprint density at radius 1 is 1.69 bits per heavy atom. The third-order valence-electron chi connectivity index (χ3n) is 2.72. The van der Waals surface area contributed by atoms with E-state index >= 15 is 0 Å². The van der Waals surface area contributed by atoms with Crippen LogP contribution >= 0.6 is 0 Å². The molecule has 5 heteroatoms. The van der Waals surface area contributed by atoms with Crippen LogP contribution in [0.4, 0.5) is 11.5 Å². The average molecular weight is 218 g/mol. The number of rotatable bonds is 4. The molecule has 0 atom stereocenters. The summed E-state index contributed by atoms with van der Waals surface area (Å²) in [4.78, 5) is 3.89. The second-order valence-electron chi connectivity index (χ2n) is 4.10. The molecule has 1 aliphatic rings. The molecule has 0 radical (unpaired) electrons. The summed E-state index contributed by atoms with van der Waals surface area (Å²) in [6, 6.07) is 3.78. The normalized spacial score (nSPS) is 16.5. The average Bonchev–Trinajstić information content (AvgIpc) is 2.99. The number of pyridine rings is 1. The topological polar surface area (TPSA) is 84.0 Å². The van der Waals surface area contributed by atoms with E-state index in [4.69, 9.17) is 15.7 Å². The minimum absolute atomic E-state index is 0.0197. The van der Waals surface area contributed by atoms with E-state index in [1.807, 2.05) is 0 Å². The number of hydrogen-bond donors (Lipinski definition) is 2. The molecule has 84 valence electrons. The van der Waals surface area contributed by atoms with Crippen LogP contribution in [0.3, 0.4) is 0 Å². The summed E-state index contributed by atoms with van der Waals surface area (Å²) in [6.07, 6.45) is 3.59. The van der Waals surface area contributed by atoms with Crippen molar-refractivity contribution in [1.82, 2.24) is 4.98 Å². The number of aromatic nitrogens is 1. The van der Waals surface area contributed by atoms with E-state index in [1.54, 1.807) is 13.2 Å². The van der Waals surface area contributed by atoms with Crippen LogP contribution in [0.5, 0.6) is 0 Å². The first-order chi connectivity index (χ1) is 7.69. The number of anilines is 2. The van der Waals surface area contributed by atoms with Crippen molar-refractivity contribution in [3.05, 3.63) is 17.8 Å². The zero-order valence-electron chi connectivity index (χ0n) is 9.16. The Bertz CT molecular complexity index is 434. The lowest BCUT2D eigenvalue weighted by atomic mass is 10.2. The van der Waals surface area contributed by atoms with E-state index in [2.05, 4.69) is 16.4 Å². The molecule has 3 N–H and O–H groups in total. The van der Waals surface area contributed by atoms with Gasteiger partial charge in [0.05, 0.1) is 23.4 Å². The smallest absolute Gasteiger partial charge is 0.125 e. The van der Waals surface area contributed by atoms with Crippen molar-refractivity contribution < 1.29 is 4.74 Å². The number of methoxy groups -OCH3 is 1. The van der Waals surface area contributed by atoms with Crippen LogP contribution in [-0.2, 0) is 4.74 Å². The summed E-state index contributed by atoms with van der Waals surface area (Å²) in [5.41, 5.74) is 6.83. The minimum atomic E-state index is -0.0197. The van der Waals surface area contributed by atoms with Crippen molar-refractivity contribution in [3.63, 3.8) is 0 Å². The highest BCUT2D eigenvalue weighted by molar-refractivity contribution is 5.62. The molecule has 0 unspecified atom stereocenters. The van der Waals surface area contributed by atoms with Gasteiger partial charge in [0.15, 0.2) is 0 Å². The molecule has 0 aromatic carbocycles. The summed E-state index contributed by atoms with van der Waals surface area (Å²) >= 11 is 0. The molecule has 16 heavy (non-hydrogen) atoms. The van der Waals surface area contributed by atoms with Gasteiger partial charge in [0.25, 0.3) is 0 Å². The Kier molecular flexibility index (Phi) is 2.67. The van der Waals surface area contributed by atoms with Gasteiger partial charge in [0.1, 0.15) is 11.9 Å². The fourth-order valence-electron chi connectivity index (χ4n) is 1.68. The van der Waals surface area contributed by atoms with Gasteiger partial charge in [-0.05, 0) is 12.8 Å². The molecule has 1 aromatic rings. The summed E-state index contributed by atoms with van der Waals surface area (Å²) in [7, 11) is 1.67. The molecule has 0 bridgehead atoms. The van der Waals surface area contributed by atoms with Gasteiger partial charge in [-0.1, -0.05) is 0 Å². The van der Waals surface area contributed by atoms with Crippen molar-refractivity contribution in [2.45, 2.75) is 18.4 Å². The number of hydrogen-bond acceptors (Lipinski definition) is 5. The van der Waals surface area contributed by atoms with Gasteiger partial charge >= 0.3 is 0 Å². The lowest BCUT2D eigenvalue weighted by molar-refractivity contribution is 0.179. The Morgan fingerprint density at radius 3 is 3.00 bits per heavy atom. The summed E-state index contributed by atoms with van der Waals surface area (Å²) in [5.74, 6) is 0.412. The number of nitriles is 1. The standard InChI is InChI=1S/C11H14N4O/c1-16-7-11(2-3-11)15-9-4-10(13)14-6-8(9)5-12/h4,6H,2-3,7H2,1H3,(H3,13,14,15). The number of nitrogens with two attached hydrogens (primary N) is 1. The van der Waals surface area contributed by atoms with E-state index in [9.17, 15) is 0 Å². The lowest BCUT2D eigenvalue weighted by Crippen LogP contribution is -2.27. The molecule has 1 fully saturated rings. The van der Waals surface area contributed by atoms with Gasteiger partial charge in [-0.2, -0.15) is 5.26 Å². The molecule has 0 aliphatic heterocycles. The molecule has 1 aromatic heterocycles. The molecule has 1 heterocycles. The minimum Gasteiger partial charge on any atom is -0.384 e. The first kappa shape index (κ1) is 10.7. The maximum atomic E-state index is 8.95. The third kappa shape index (κ3) is 2.07. The molecule has 0 spiro atoms.